The lowest BCUT2D eigenvalue weighted by Gasteiger charge is -2.29. The van der Waals surface area contributed by atoms with E-state index in [9.17, 15) is 9.50 Å². The highest BCUT2D eigenvalue weighted by Gasteiger charge is 2.24. The van der Waals surface area contributed by atoms with Gasteiger partial charge >= 0.3 is 0 Å². The van der Waals surface area contributed by atoms with E-state index in [0.717, 1.165) is 12.1 Å². The van der Waals surface area contributed by atoms with E-state index in [4.69, 9.17) is 22.6 Å². The van der Waals surface area contributed by atoms with Crippen molar-refractivity contribution in [1.29, 1.82) is 0 Å². The smallest absolute Gasteiger partial charge is 0.148 e. The summed E-state index contributed by atoms with van der Waals surface area (Å²) in [6, 6.07) is 3.15. The number of morpholine rings is 1. The molecule has 1 aliphatic rings. The van der Waals surface area contributed by atoms with Crippen LogP contribution in [0.2, 0.25) is 0 Å². The molecule has 1 aromatic carbocycles. The molecule has 0 aliphatic carbocycles. The number of hydrogen-bond donors (Lipinski definition) is 2. The van der Waals surface area contributed by atoms with Crippen LogP contribution < -0.4 is 10.2 Å². The fourth-order valence-corrected chi connectivity index (χ4v) is 1.64. The molecule has 0 spiro atoms. The highest BCUT2D eigenvalue weighted by molar-refractivity contribution is 6.23. The van der Waals surface area contributed by atoms with E-state index in [1.807, 2.05) is 0 Å². The second-order valence-corrected chi connectivity index (χ2v) is 5.97. The molecule has 118 valence electrons. The molecular weight excluding hydrogens is 295 g/mol. The lowest BCUT2D eigenvalue weighted by molar-refractivity contribution is 0.122. The van der Waals surface area contributed by atoms with E-state index in [-0.39, 0.29) is 17.1 Å². The normalized spacial score (nSPS) is 32.9. The number of halogens is 2. The molecule has 1 saturated heterocycles. The number of hydrogen-bond acceptors (Lipinski definition) is 4. The first-order chi connectivity index (χ1) is 12.8. The quantitative estimate of drug-likeness (QED) is 0.817. The second-order valence-electron chi connectivity index (χ2n) is 4.99. The third-order valence-electron chi connectivity index (χ3n) is 2.90. The van der Waals surface area contributed by atoms with Gasteiger partial charge in [0.25, 0.3) is 0 Å². The van der Waals surface area contributed by atoms with Crippen LogP contribution in [0.1, 0.15) is 24.8 Å². The Balaban J connectivity index is 2.42. The molecule has 2 rings (SSSR count). The standard InChI is InChI=1S/C15H22ClFN2O2/c1-15(2,16)14(20)10-18-11-3-4-13(12(17)9-11)19-5-7-21-8-6-19/h3-4,9,14,18,20H,5-8,10H2,1-2H3/t14-/m1/s1/i5D2,6D2,7D2,8D2. The molecular formula is C15H22ClFN2O2. The fraction of sp³-hybridized carbons (Fsp3) is 0.600. The molecule has 21 heavy (non-hydrogen) atoms. The van der Waals surface area contributed by atoms with Gasteiger partial charge in [-0.25, -0.2) is 4.39 Å². The number of nitrogens with one attached hydrogen (secondary N) is 1. The number of nitrogens with zero attached hydrogens (tertiary/aromatic N) is 1. The first-order valence-corrected chi connectivity index (χ1v) is 6.63. The van der Waals surface area contributed by atoms with Crippen molar-refractivity contribution in [2.45, 2.75) is 24.8 Å². The number of anilines is 2. The topological polar surface area (TPSA) is 44.7 Å². The van der Waals surface area contributed by atoms with Crippen molar-refractivity contribution in [2.75, 3.05) is 42.9 Å². The number of aliphatic hydroxyl groups excluding tert-OH is 1. The Morgan fingerprint density at radius 2 is 2.19 bits per heavy atom. The minimum absolute atomic E-state index is 0.0282. The number of rotatable bonds is 5. The summed E-state index contributed by atoms with van der Waals surface area (Å²) < 4.78 is 81.8. The van der Waals surface area contributed by atoms with E-state index >= 15 is 0 Å². The zero-order valence-corrected chi connectivity index (χ0v) is 12.3. The van der Waals surface area contributed by atoms with Gasteiger partial charge in [0.15, 0.2) is 0 Å². The van der Waals surface area contributed by atoms with Crippen molar-refractivity contribution >= 4 is 23.0 Å². The molecule has 1 aromatic rings. The molecule has 4 nitrogen and oxygen atoms in total. The van der Waals surface area contributed by atoms with E-state index in [1.165, 1.54) is 6.07 Å². The molecule has 0 aromatic heterocycles. The van der Waals surface area contributed by atoms with Crippen molar-refractivity contribution in [3.63, 3.8) is 0 Å². The molecule has 0 radical (unpaired) electrons. The third kappa shape index (κ3) is 4.46. The van der Waals surface area contributed by atoms with Gasteiger partial charge in [0.2, 0.25) is 0 Å². The predicted molar refractivity (Wildman–Crippen MR) is 83.9 cm³/mol. The largest absolute Gasteiger partial charge is 0.389 e. The number of benzene rings is 1. The average molecular weight is 325 g/mol. The van der Waals surface area contributed by atoms with E-state index in [0.29, 0.717) is 0 Å². The number of alkyl halides is 1. The highest BCUT2D eigenvalue weighted by Crippen LogP contribution is 2.24. The van der Waals surface area contributed by atoms with Crippen LogP contribution in [0.3, 0.4) is 0 Å². The van der Waals surface area contributed by atoms with Crippen molar-refractivity contribution in [3.05, 3.63) is 24.0 Å². The predicted octanol–water partition coefficient (Wildman–Crippen LogP) is 2.45. The maximum Gasteiger partial charge on any atom is 0.148 e. The van der Waals surface area contributed by atoms with Crippen LogP contribution in [-0.4, -0.2) is 48.7 Å². The Morgan fingerprint density at radius 3 is 2.76 bits per heavy atom. The maximum atomic E-state index is 14.8. The van der Waals surface area contributed by atoms with Crippen LogP contribution in [0.5, 0.6) is 0 Å². The Hall–Kier alpha value is -1.04. The summed E-state index contributed by atoms with van der Waals surface area (Å²) in [6.45, 7) is -9.87. The summed E-state index contributed by atoms with van der Waals surface area (Å²) in [6.07, 6.45) is -0.978. The van der Waals surface area contributed by atoms with Gasteiger partial charge in [-0.15, -0.1) is 11.6 Å². The number of ether oxygens (including phenoxy) is 1. The van der Waals surface area contributed by atoms with Gasteiger partial charge in [0.05, 0.1) is 40.7 Å². The van der Waals surface area contributed by atoms with E-state index < -0.39 is 48.6 Å². The van der Waals surface area contributed by atoms with Gasteiger partial charge in [0.1, 0.15) is 5.82 Å². The van der Waals surface area contributed by atoms with Crippen LogP contribution in [0, 0.1) is 5.82 Å². The minimum atomic E-state index is -3.28. The summed E-state index contributed by atoms with van der Waals surface area (Å²) in [5, 5.41) is 12.7. The summed E-state index contributed by atoms with van der Waals surface area (Å²) in [5.41, 5.74) is -0.522. The van der Waals surface area contributed by atoms with Gasteiger partial charge in [0, 0.05) is 25.2 Å². The van der Waals surface area contributed by atoms with Gasteiger partial charge in [-0.2, -0.15) is 0 Å². The summed E-state index contributed by atoms with van der Waals surface area (Å²) in [4.78, 5) is -0.873. The van der Waals surface area contributed by atoms with Crippen molar-refractivity contribution in [2.24, 2.45) is 0 Å². The van der Waals surface area contributed by atoms with Crippen LogP contribution in [0.25, 0.3) is 0 Å². The summed E-state index contributed by atoms with van der Waals surface area (Å²) in [7, 11) is 0. The fourth-order valence-electron chi connectivity index (χ4n) is 1.57. The lowest BCUT2D eigenvalue weighted by atomic mass is 10.1. The van der Waals surface area contributed by atoms with E-state index in [1.54, 1.807) is 13.8 Å². The molecule has 0 unspecified atom stereocenters. The molecule has 1 aliphatic heterocycles. The van der Waals surface area contributed by atoms with Crippen molar-refractivity contribution in [1.82, 2.24) is 0 Å². The first kappa shape index (κ1) is 8.56. The SMILES string of the molecule is [2H]C1([2H])OC([2H])([2H])C([2H])([2H])N(c2ccc(NC[C@@H](O)C(C)(C)Cl)cc2F)C1([2H])[2H]. The second kappa shape index (κ2) is 6.81. The lowest BCUT2D eigenvalue weighted by Crippen LogP contribution is -2.37. The summed E-state index contributed by atoms with van der Waals surface area (Å²) in [5.74, 6) is -1.13. The van der Waals surface area contributed by atoms with Crippen LogP contribution >= 0.6 is 11.6 Å². The van der Waals surface area contributed by atoms with E-state index in [2.05, 4.69) is 10.1 Å². The third-order valence-corrected chi connectivity index (χ3v) is 3.15. The Kier molecular flexibility index (Phi) is 2.78. The van der Waals surface area contributed by atoms with Crippen molar-refractivity contribution in [3.8, 4) is 0 Å². The molecule has 1 fully saturated rings. The molecule has 0 bridgehead atoms. The van der Waals surface area contributed by atoms with Gasteiger partial charge < -0.3 is 20.1 Å². The first-order valence-electron chi connectivity index (χ1n) is 10.3. The molecule has 1 heterocycles. The van der Waals surface area contributed by atoms with Gasteiger partial charge in [-0.3, -0.25) is 0 Å². The average Bonchev–Trinajstić information content (AvgIpc) is 2.51. The van der Waals surface area contributed by atoms with Crippen LogP contribution in [-0.2, 0) is 4.74 Å². The van der Waals surface area contributed by atoms with Crippen LogP contribution in [0.15, 0.2) is 18.2 Å². The minimum Gasteiger partial charge on any atom is -0.389 e. The van der Waals surface area contributed by atoms with Crippen LogP contribution in [0.4, 0.5) is 15.8 Å². The van der Waals surface area contributed by atoms with Crippen molar-refractivity contribution < 1.29 is 25.2 Å². The van der Waals surface area contributed by atoms with Gasteiger partial charge in [-0.1, -0.05) is 0 Å². The molecule has 6 heteroatoms. The molecule has 1 atom stereocenters. The Labute approximate surface area is 141 Å². The maximum absolute atomic E-state index is 14.8. The number of aliphatic hydroxyl groups is 1. The Bertz CT molecular complexity index is 749. The molecule has 0 amide bonds. The summed E-state index contributed by atoms with van der Waals surface area (Å²) >= 11 is 5.99. The monoisotopic (exact) mass is 324 g/mol. The highest BCUT2D eigenvalue weighted by atomic mass is 35.5. The Morgan fingerprint density at radius 1 is 1.52 bits per heavy atom. The zero-order chi connectivity index (χ0) is 22.6. The molecule has 2 N–H and O–H groups in total. The van der Waals surface area contributed by atoms with Gasteiger partial charge in [-0.05, 0) is 32.0 Å². The molecule has 0 saturated carbocycles. The zero-order valence-electron chi connectivity index (χ0n) is 19.6.